The normalized spacial score (nSPS) is 14.7. The van der Waals surface area contributed by atoms with Crippen molar-refractivity contribution < 1.29 is 19.4 Å². The molecule has 0 aromatic heterocycles. The number of carboxylic acids is 1. The lowest BCUT2D eigenvalue weighted by Gasteiger charge is -2.30. The van der Waals surface area contributed by atoms with Crippen molar-refractivity contribution in [1.82, 2.24) is 5.32 Å². The smallest absolute Gasteiger partial charge is 0.330 e. The van der Waals surface area contributed by atoms with E-state index in [2.05, 4.69) is 5.32 Å². The van der Waals surface area contributed by atoms with E-state index in [1.54, 1.807) is 26.3 Å². The summed E-state index contributed by atoms with van der Waals surface area (Å²) in [5.41, 5.74) is -0.845. The van der Waals surface area contributed by atoms with Gasteiger partial charge in [-0.3, -0.25) is 5.32 Å². The Balaban J connectivity index is 2.75. The Morgan fingerprint density at radius 1 is 1.29 bits per heavy atom. The highest BCUT2D eigenvalue weighted by Crippen LogP contribution is 2.22. The lowest BCUT2D eigenvalue weighted by Crippen LogP contribution is -2.51. The molecule has 0 fully saturated rings. The second-order valence-electron chi connectivity index (χ2n) is 5.59. The van der Waals surface area contributed by atoms with Gasteiger partial charge in [0.05, 0.1) is 12.2 Å². The first kappa shape index (κ1) is 17.6. The molecule has 1 aromatic carbocycles. The van der Waals surface area contributed by atoms with E-state index < -0.39 is 11.5 Å². The summed E-state index contributed by atoms with van der Waals surface area (Å²) in [6.45, 7) is 4.43. The number of likely N-dealkylation sites (N-methyl/N-ethyl adjacent to an activating group) is 1. The number of carboxylic acid groups (broad SMARTS) is 1. The molecule has 0 radical (unpaired) electrons. The molecule has 21 heavy (non-hydrogen) atoms. The molecule has 0 saturated heterocycles. The Bertz CT molecular complexity index is 447. The number of nitrogens with one attached hydrogen (secondary N) is 1. The van der Waals surface area contributed by atoms with Crippen molar-refractivity contribution in [1.29, 1.82) is 0 Å². The van der Waals surface area contributed by atoms with Gasteiger partial charge >= 0.3 is 5.97 Å². The minimum Gasteiger partial charge on any atom is -0.480 e. The van der Waals surface area contributed by atoms with Gasteiger partial charge in [0.1, 0.15) is 0 Å². The third-order valence-corrected chi connectivity index (χ3v) is 3.78. The molecule has 0 aliphatic heterocycles. The first-order valence-corrected chi connectivity index (χ1v) is 6.99. The van der Waals surface area contributed by atoms with E-state index in [0.717, 1.165) is 0 Å². The predicted octanol–water partition coefficient (Wildman–Crippen LogP) is 2.02. The van der Waals surface area contributed by atoms with Crippen LogP contribution in [-0.2, 0) is 19.8 Å². The van der Waals surface area contributed by atoms with Gasteiger partial charge in [-0.1, -0.05) is 30.3 Å². The fourth-order valence-electron chi connectivity index (χ4n) is 1.96. The number of methoxy groups -OCH3 is 1. The fourth-order valence-corrected chi connectivity index (χ4v) is 1.96. The molecule has 1 aromatic rings. The number of hydrogen-bond donors (Lipinski definition) is 2. The van der Waals surface area contributed by atoms with E-state index in [1.165, 1.54) is 0 Å². The zero-order valence-corrected chi connectivity index (χ0v) is 13.2. The zero-order valence-electron chi connectivity index (χ0n) is 13.2. The topological polar surface area (TPSA) is 67.8 Å². The molecule has 0 spiro atoms. The monoisotopic (exact) mass is 295 g/mol. The molecule has 0 saturated carbocycles. The summed E-state index contributed by atoms with van der Waals surface area (Å²) in [4.78, 5) is 11.7. The highest BCUT2D eigenvalue weighted by Gasteiger charge is 2.39. The molecule has 0 heterocycles. The highest BCUT2D eigenvalue weighted by molar-refractivity contribution is 5.81. The summed E-state index contributed by atoms with van der Waals surface area (Å²) in [5.74, 6) is -0.956. The molecule has 1 rings (SSSR count). The number of hydrogen-bond acceptors (Lipinski definition) is 4. The molecule has 0 amide bonds. The molecular weight excluding hydrogens is 270 g/mol. The minimum absolute atomic E-state index is 0.0582. The van der Waals surface area contributed by atoms with Crippen molar-refractivity contribution in [3.05, 3.63) is 35.9 Å². The quantitative estimate of drug-likeness (QED) is 0.682. The van der Waals surface area contributed by atoms with Gasteiger partial charge in [0.15, 0.2) is 5.54 Å². The standard InChI is InChI=1S/C16H25NO4/c1-15(2,20-4)10-11-21-12-16(17-3,14(18)19)13-8-6-5-7-9-13/h5-9,17H,10-12H2,1-4H3,(H,18,19). The Hall–Kier alpha value is -1.43. The number of carbonyl (C=O) groups is 1. The Morgan fingerprint density at radius 3 is 2.38 bits per heavy atom. The SMILES string of the molecule is CNC(COCCC(C)(C)OC)(C(=O)O)c1ccccc1. The molecule has 5 heteroatoms. The molecule has 1 atom stereocenters. The fraction of sp³-hybridized carbons (Fsp3) is 0.562. The third kappa shape index (κ3) is 4.52. The van der Waals surface area contributed by atoms with E-state index in [0.29, 0.717) is 18.6 Å². The lowest BCUT2D eigenvalue weighted by atomic mass is 9.91. The first-order chi connectivity index (χ1) is 9.88. The summed E-state index contributed by atoms with van der Waals surface area (Å²) >= 11 is 0. The average molecular weight is 295 g/mol. The van der Waals surface area contributed by atoms with Crippen LogP contribution in [0.2, 0.25) is 0 Å². The van der Waals surface area contributed by atoms with Crippen LogP contribution in [0, 0.1) is 0 Å². The summed E-state index contributed by atoms with van der Waals surface area (Å²) in [6.07, 6.45) is 0.692. The number of ether oxygens (including phenoxy) is 2. The van der Waals surface area contributed by atoms with Crippen LogP contribution in [0.15, 0.2) is 30.3 Å². The maximum absolute atomic E-state index is 11.7. The third-order valence-electron chi connectivity index (χ3n) is 3.78. The van der Waals surface area contributed by atoms with Gasteiger partial charge < -0.3 is 14.6 Å². The second kappa shape index (κ2) is 7.54. The summed E-state index contributed by atoms with van der Waals surface area (Å²) in [6, 6.07) is 9.06. The number of rotatable bonds is 9. The van der Waals surface area contributed by atoms with Gasteiger partial charge in [-0.05, 0) is 32.9 Å². The Morgan fingerprint density at radius 2 is 1.90 bits per heavy atom. The van der Waals surface area contributed by atoms with Crippen molar-refractivity contribution in [2.45, 2.75) is 31.4 Å². The minimum atomic E-state index is -1.24. The van der Waals surface area contributed by atoms with Gasteiger partial charge in [-0.25, -0.2) is 4.79 Å². The lowest BCUT2D eigenvalue weighted by molar-refractivity contribution is -0.148. The maximum Gasteiger partial charge on any atom is 0.330 e. The first-order valence-electron chi connectivity index (χ1n) is 6.99. The van der Waals surface area contributed by atoms with Gasteiger partial charge in [0, 0.05) is 13.7 Å². The predicted molar refractivity (Wildman–Crippen MR) is 81.3 cm³/mol. The number of benzene rings is 1. The van der Waals surface area contributed by atoms with Crippen LogP contribution >= 0.6 is 0 Å². The van der Waals surface area contributed by atoms with Crippen LogP contribution in [0.1, 0.15) is 25.8 Å². The molecule has 0 aliphatic carbocycles. The number of aliphatic carboxylic acids is 1. The molecule has 0 aliphatic rings. The van der Waals surface area contributed by atoms with Crippen LogP contribution in [0.4, 0.5) is 0 Å². The summed E-state index contributed by atoms with van der Waals surface area (Å²) < 4.78 is 10.9. The molecule has 1 unspecified atom stereocenters. The second-order valence-corrected chi connectivity index (χ2v) is 5.59. The van der Waals surface area contributed by atoms with Gasteiger partial charge in [0.2, 0.25) is 0 Å². The average Bonchev–Trinajstić information content (AvgIpc) is 2.48. The zero-order chi connectivity index (χ0) is 15.9. The maximum atomic E-state index is 11.7. The van der Waals surface area contributed by atoms with Crippen LogP contribution in [0.25, 0.3) is 0 Å². The van der Waals surface area contributed by atoms with Crippen LogP contribution in [-0.4, -0.2) is 44.0 Å². The highest BCUT2D eigenvalue weighted by atomic mass is 16.5. The van der Waals surface area contributed by atoms with Gasteiger partial charge in [-0.2, -0.15) is 0 Å². The van der Waals surface area contributed by atoms with E-state index in [1.807, 2.05) is 32.0 Å². The summed E-state index contributed by atoms with van der Waals surface area (Å²) in [5, 5.41) is 12.5. The Kier molecular flexibility index (Phi) is 6.33. The molecule has 118 valence electrons. The van der Waals surface area contributed by atoms with Crippen molar-refractivity contribution in [3.63, 3.8) is 0 Å². The van der Waals surface area contributed by atoms with E-state index in [-0.39, 0.29) is 12.2 Å². The Labute approximate surface area is 126 Å². The van der Waals surface area contributed by atoms with Crippen LogP contribution < -0.4 is 5.32 Å². The molecule has 2 N–H and O–H groups in total. The van der Waals surface area contributed by atoms with Crippen LogP contribution in [0.5, 0.6) is 0 Å². The summed E-state index contributed by atoms with van der Waals surface area (Å²) in [7, 11) is 3.28. The van der Waals surface area contributed by atoms with E-state index >= 15 is 0 Å². The molecular formula is C16H25NO4. The molecule has 0 bridgehead atoms. The van der Waals surface area contributed by atoms with Gasteiger partial charge in [0.25, 0.3) is 0 Å². The van der Waals surface area contributed by atoms with E-state index in [9.17, 15) is 9.90 Å². The van der Waals surface area contributed by atoms with Crippen molar-refractivity contribution in [2.24, 2.45) is 0 Å². The van der Waals surface area contributed by atoms with Crippen molar-refractivity contribution in [2.75, 3.05) is 27.4 Å². The van der Waals surface area contributed by atoms with Crippen molar-refractivity contribution >= 4 is 5.97 Å². The largest absolute Gasteiger partial charge is 0.480 e. The van der Waals surface area contributed by atoms with Gasteiger partial charge in [-0.15, -0.1) is 0 Å². The van der Waals surface area contributed by atoms with E-state index in [4.69, 9.17) is 9.47 Å². The molecule has 5 nitrogen and oxygen atoms in total. The van der Waals surface area contributed by atoms with Crippen molar-refractivity contribution in [3.8, 4) is 0 Å². The van der Waals surface area contributed by atoms with Crippen LogP contribution in [0.3, 0.4) is 0 Å².